The Kier molecular flexibility index (Phi) is 2.98. The van der Waals surface area contributed by atoms with Crippen LogP contribution in [0.1, 0.15) is 20.3 Å². The predicted molar refractivity (Wildman–Crippen MR) is 51.6 cm³/mol. The van der Waals surface area contributed by atoms with Gasteiger partial charge in [0.2, 0.25) is 5.91 Å². The molecule has 1 rings (SSSR count). The molecular weight excluding hydrogens is 196 g/mol. The molecule has 0 bridgehead atoms. The van der Waals surface area contributed by atoms with Crippen LogP contribution in [0.5, 0.6) is 0 Å². The summed E-state index contributed by atoms with van der Waals surface area (Å²) < 4.78 is 0. The van der Waals surface area contributed by atoms with Gasteiger partial charge in [-0.15, -0.1) is 0 Å². The molecule has 15 heavy (non-hydrogen) atoms. The number of hydrogen-bond acceptors (Lipinski definition) is 3. The smallest absolute Gasteiger partial charge is 0.307 e. The summed E-state index contributed by atoms with van der Waals surface area (Å²) in [7, 11) is 0. The van der Waals surface area contributed by atoms with Gasteiger partial charge >= 0.3 is 5.97 Å². The van der Waals surface area contributed by atoms with Crippen molar-refractivity contribution in [3.05, 3.63) is 0 Å². The monoisotopic (exact) mass is 210 g/mol. The number of carbonyl (C=O) groups is 2. The lowest BCUT2D eigenvalue weighted by Crippen LogP contribution is -2.34. The van der Waals surface area contributed by atoms with Crippen LogP contribution in [0.4, 0.5) is 0 Å². The standard InChI is InChI=1S/C10H14N2O3/c1-10(2,4-11)5-12-8(13)6-3-7(6)9(14)15/h6-7H,3,5H2,1-2H3,(H,12,13)(H,14,15)/t6-,7+/m1/s1. The molecular formula is C10H14N2O3. The number of amides is 1. The Morgan fingerprint density at radius 3 is 2.53 bits per heavy atom. The van der Waals surface area contributed by atoms with Gasteiger partial charge in [0.1, 0.15) is 0 Å². The van der Waals surface area contributed by atoms with Crippen molar-refractivity contribution in [3.8, 4) is 6.07 Å². The number of nitrogens with zero attached hydrogens (tertiary/aromatic N) is 1. The van der Waals surface area contributed by atoms with E-state index in [4.69, 9.17) is 10.4 Å². The minimum Gasteiger partial charge on any atom is -0.481 e. The van der Waals surface area contributed by atoms with Crippen LogP contribution in [0.3, 0.4) is 0 Å². The van der Waals surface area contributed by atoms with Crippen LogP contribution in [-0.4, -0.2) is 23.5 Å². The number of carboxylic acid groups (broad SMARTS) is 1. The highest BCUT2D eigenvalue weighted by atomic mass is 16.4. The van der Waals surface area contributed by atoms with E-state index in [9.17, 15) is 9.59 Å². The van der Waals surface area contributed by atoms with Crippen molar-refractivity contribution in [3.63, 3.8) is 0 Å². The number of nitrogens with one attached hydrogen (secondary N) is 1. The Bertz CT molecular complexity index is 330. The molecule has 0 spiro atoms. The average Bonchev–Trinajstić information content (AvgIpc) is 2.94. The maximum Gasteiger partial charge on any atom is 0.307 e. The second-order valence-corrected chi connectivity index (χ2v) is 4.50. The number of carbonyl (C=O) groups excluding carboxylic acids is 1. The first kappa shape index (κ1) is 11.5. The van der Waals surface area contributed by atoms with E-state index >= 15 is 0 Å². The predicted octanol–water partition coefficient (Wildman–Crippen LogP) is 0.373. The van der Waals surface area contributed by atoms with Crippen molar-refractivity contribution in [2.45, 2.75) is 20.3 Å². The van der Waals surface area contributed by atoms with Crippen molar-refractivity contribution in [2.75, 3.05) is 6.54 Å². The zero-order chi connectivity index (χ0) is 11.6. The first-order valence-corrected chi connectivity index (χ1v) is 4.79. The van der Waals surface area contributed by atoms with E-state index < -0.39 is 23.2 Å². The van der Waals surface area contributed by atoms with E-state index in [1.54, 1.807) is 13.8 Å². The van der Waals surface area contributed by atoms with Crippen molar-refractivity contribution in [2.24, 2.45) is 17.3 Å². The lowest BCUT2D eigenvalue weighted by molar-refractivity contribution is -0.140. The lowest BCUT2D eigenvalue weighted by Gasteiger charge is -2.15. The minimum atomic E-state index is -0.922. The first-order chi connectivity index (χ1) is 6.87. The van der Waals surface area contributed by atoms with Crippen molar-refractivity contribution in [1.29, 1.82) is 5.26 Å². The third-order valence-electron chi connectivity index (χ3n) is 2.45. The van der Waals surface area contributed by atoms with E-state index in [1.807, 2.05) is 0 Å². The molecule has 0 radical (unpaired) electrons. The number of nitriles is 1. The fourth-order valence-electron chi connectivity index (χ4n) is 1.24. The largest absolute Gasteiger partial charge is 0.481 e. The van der Waals surface area contributed by atoms with Crippen LogP contribution in [0.2, 0.25) is 0 Å². The van der Waals surface area contributed by atoms with Gasteiger partial charge in [-0.05, 0) is 20.3 Å². The fraction of sp³-hybridized carbons (Fsp3) is 0.700. The molecule has 0 aromatic rings. The molecule has 0 saturated heterocycles. The summed E-state index contributed by atoms with van der Waals surface area (Å²) in [6.07, 6.45) is 0.411. The molecule has 0 heterocycles. The summed E-state index contributed by atoms with van der Waals surface area (Å²) in [6.45, 7) is 3.69. The summed E-state index contributed by atoms with van der Waals surface area (Å²) in [6, 6.07) is 2.06. The van der Waals surface area contributed by atoms with E-state index in [0.29, 0.717) is 6.42 Å². The van der Waals surface area contributed by atoms with Gasteiger partial charge in [-0.1, -0.05) is 0 Å². The molecule has 1 saturated carbocycles. The van der Waals surface area contributed by atoms with Gasteiger partial charge < -0.3 is 10.4 Å². The molecule has 82 valence electrons. The first-order valence-electron chi connectivity index (χ1n) is 4.79. The fourth-order valence-corrected chi connectivity index (χ4v) is 1.24. The van der Waals surface area contributed by atoms with E-state index in [2.05, 4.69) is 11.4 Å². The lowest BCUT2D eigenvalue weighted by atomic mass is 9.96. The topological polar surface area (TPSA) is 90.2 Å². The van der Waals surface area contributed by atoms with Crippen molar-refractivity contribution >= 4 is 11.9 Å². The molecule has 0 aromatic carbocycles. The van der Waals surface area contributed by atoms with Crippen molar-refractivity contribution < 1.29 is 14.7 Å². The maximum atomic E-state index is 11.4. The molecule has 1 fully saturated rings. The van der Waals surface area contributed by atoms with Gasteiger partial charge in [0.05, 0.1) is 23.3 Å². The van der Waals surface area contributed by atoms with Crippen LogP contribution in [0.25, 0.3) is 0 Å². The average molecular weight is 210 g/mol. The summed E-state index contributed by atoms with van der Waals surface area (Å²) in [4.78, 5) is 21.9. The molecule has 0 aromatic heterocycles. The molecule has 2 N–H and O–H groups in total. The number of aliphatic carboxylic acids is 1. The molecule has 1 aliphatic rings. The Balaban J connectivity index is 2.34. The molecule has 5 nitrogen and oxygen atoms in total. The van der Waals surface area contributed by atoms with Gasteiger partial charge in [0.25, 0.3) is 0 Å². The molecule has 1 aliphatic carbocycles. The van der Waals surface area contributed by atoms with E-state index in [0.717, 1.165) is 0 Å². The molecule has 5 heteroatoms. The van der Waals surface area contributed by atoms with Gasteiger partial charge in [0.15, 0.2) is 0 Å². The summed E-state index contributed by atoms with van der Waals surface area (Å²) in [5, 5.41) is 19.9. The molecule has 0 aliphatic heterocycles. The highest BCUT2D eigenvalue weighted by Gasteiger charge is 2.48. The molecule has 0 unspecified atom stereocenters. The van der Waals surface area contributed by atoms with Crippen LogP contribution >= 0.6 is 0 Å². The molecule has 1 amide bonds. The maximum absolute atomic E-state index is 11.4. The van der Waals surface area contributed by atoms with Crippen LogP contribution in [-0.2, 0) is 9.59 Å². The number of hydrogen-bond donors (Lipinski definition) is 2. The minimum absolute atomic E-state index is 0.255. The molecule has 2 atom stereocenters. The van der Waals surface area contributed by atoms with Gasteiger partial charge in [0, 0.05) is 6.54 Å². The van der Waals surface area contributed by atoms with Gasteiger partial charge in [-0.25, -0.2) is 0 Å². The zero-order valence-corrected chi connectivity index (χ0v) is 8.78. The highest BCUT2D eigenvalue weighted by Crippen LogP contribution is 2.38. The van der Waals surface area contributed by atoms with Crippen LogP contribution in [0.15, 0.2) is 0 Å². The zero-order valence-electron chi connectivity index (χ0n) is 8.78. The Labute approximate surface area is 88.1 Å². The second kappa shape index (κ2) is 3.89. The normalized spacial score (nSPS) is 24.1. The second-order valence-electron chi connectivity index (χ2n) is 4.50. The van der Waals surface area contributed by atoms with Crippen LogP contribution < -0.4 is 5.32 Å². The Morgan fingerprint density at radius 1 is 1.53 bits per heavy atom. The highest BCUT2D eigenvalue weighted by molar-refractivity contribution is 5.89. The third-order valence-corrected chi connectivity index (χ3v) is 2.45. The third kappa shape index (κ3) is 2.94. The number of rotatable bonds is 4. The Hall–Kier alpha value is -1.57. The van der Waals surface area contributed by atoms with E-state index in [1.165, 1.54) is 0 Å². The van der Waals surface area contributed by atoms with Crippen molar-refractivity contribution in [1.82, 2.24) is 5.32 Å². The summed E-state index contributed by atoms with van der Waals surface area (Å²) >= 11 is 0. The summed E-state index contributed by atoms with van der Waals surface area (Å²) in [5.74, 6) is -2.12. The van der Waals surface area contributed by atoms with E-state index in [-0.39, 0.29) is 12.5 Å². The summed E-state index contributed by atoms with van der Waals surface area (Å²) in [5.41, 5.74) is -0.608. The quantitative estimate of drug-likeness (QED) is 0.701. The van der Waals surface area contributed by atoms with Crippen LogP contribution in [0, 0.1) is 28.6 Å². The van der Waals surface area contributed by atoms with Gasteiger partial charge in [-0.3, -0.25) is 9.59 Å². The van der Waals surface area contributed by atoms with Gasteiger partial charge in [-0.2, -0.15) is 5.26 Å². The Morgan fingerprint density at radius 2 is 2.13 bits per heavy atom. The number of carboxylic acids is 1. The SMILES string of the molecule is CC(C)(C#N)CNC(=O)[C@@H]1C[C@@H]1C(=O)O.